The standard InChI is InChI=1S/C27H33F3N4O2/c1-4-5-6-9-16-35-24-11-8-7-10-23(24)33-25-22(27(28,29)30)17-31-26(34-25)32-20-12-14-21(15-13-20)36-18-19(2)3/h7-8,10-15,17,19H,4-6,9,16,18H2,1-3H3,(H2,31,32,33,34). The van der Waals surface area contributed by atoms with E-state index < -0.39 is 11.7 Å². The largest absolute Gasteiger partial charge is 0.493 e. The molecular weight excluding hydrogens is 469 g/mol. The summed E-state index contributed by atoms with van der Waals surface area (Å²) < 4.78 is 52.7. The summed E-state index contributed by atoms with van der Waals surface area (Å²) in [6.45, 7) is 7.32. The molecule has 9 heteroatoms. The third-order valence-electron chi connectivity index (χ3n) is 5.18. The fraction of sp³-hybridized carbons (Fsp3) is 0.407. The number of aromatic nitrogens is 2. The Labute approximate surface area is 210 Å². The number of anilines is 4. The van der Waals surface area contributed by atoms with E-state index in [1.807, 2.05) is 0 Å². The summed E-state index contributed by atoms with van der Waals surface area (Å²) in [5.74, 6) is 1.23. The van der Waals surface area contributed by atoms with Gasteiger partial charge in [0.2, 0.25) is 5.95 Å². The highest BCUT2D eigenvalue weighted by atomic mass is 19.4. The van der Waals surface area contributed by atoms with Crippen molar-refractivity contribution >= 4 is 23.1 Å². The maximum absolute atomic E-state index is 13.7. The van der Waals surface area contributed by atoms with E-state index >= 15 is 0 Å². The lowest BCUT2D eigenvalue weighted by atomic mass is 10.2. The average Bonchev–Trinajstić information content (AvgIpc) is 2.84. The molecule has 1 heterocycles. The van der Waals surface area contributed by atoms with Crippen LogP contribution in [0, 0.1) is 5.92 Å². The number of hydrogen-bond acceptors (Lipinski definition) is 6. The second-order valence-corrected chi connectivity index (χ2v) is 8.84. The monoisotopic (exact) mass is 502 g/mol. The molecule has 2 aromatic carbocycles. The van der Waals surface area contributed by atoms with Crippen molar-refractivity contribution in [2.75, 3.05) is 23.8 Å². The number of hydrogen-bond donors (Lipinski definition) is 2. The molecule has 194 valence electrons. The highest BCUT2D eigenvalue weighted by molar-refractivity contribution is 5.67. The maximum Gasteiger partial charge on any atom is 0.421 e. The molecular formula is C27H33F3N4O2. The first kappa shape index (κ1) is 27.1. The van der Waals surface area contributed by atoms with Crippen molar-refractivity contribution in [3.63, 3.8) is 0 Å². The van der Waals surface area contributed by atoms with Crippen LogP contribution in [0.1, 0.15) is 52.0 Å². The maximum atomic E-state index is 13.7. The zero-order chi connectivity index (χ0) is 26.0. The summed E-state index contributed by atoms with van der Waals surface area (Å²) in [5, 5.41) is 5.76. The van der Waals surface area contributed by atoms with Gasteiger partial charge in [-0.3, -0.25) is 0 Å². The number of halogens is 3. The third-order valence-corrected chi connectivity index (χ3v) is 5.18. The summed E-state index contributed by atoms with van der Waals surface area (Å²) in [7, 11) is 0. The van der Waals surface area contributed by atoms with E-state index in [2.05, 4.69) is 41.4 Å². The molecule has 0 bridgehead atoms. The van der Waals surface area contributed by atoms with Crippen LogP contribution in [0.3, 0.4) is 0 Å². The van der Waals surface area contributed by atoms with Gasteiger partial charge in [0.15, 0.2) is 0 Å². The van der Waals surface area contributed by atoms with Crippen molar-refractivity contribution in [1.82, 2.24) is 9.97 Å². The van der Waals surface area contributed by atoms with Crippen LogP contribution >= 0.6 is 0 Å². The van der Waals surface area contributed by atoms with Crippen molar-refractivity contribution in [1.29, 1.82) is 0 Å². The first-order valence-electron chi connectivity index (χ1n) is 12.2. The van der Waals surface area contributed by atoms with Crippen LogP contribution in [0.15, 0.2) is 54.7 Å². The predicted octanol–water partition coefficient (Wildman–Crippen LogP) is 7.98. The van der Waals surface area contributed by atoms with E-state index in [0.29, 0.717) is 42.0 Å². The molecule has 3 aromatic rings. The Kier molecular flexibility index (Phi) is 9.78. The Morgan fingerprint density at radius 1 is 0.917 bits per heavy atom. The van der Waals surface area contributed by atoms with Crippen molar-refractivity contribution in [3.05, 3.63) is 60.3 Å². The Hall–Kier alpha value is -3.49. The number of rotatable bonds is 13. The van der Waals surface area contributed by atoms with Gasteiger partial charge in [-0.15, -0.1) is 0 Å². The van der Waals surface area contributed by atoms with E-state index in [1.165, 1.54) is 0 Å². The number of unbranched alkanes of at least 4 members (excludes halogenated alkanes) is 3. The summed E-state index contributed by atoms with van der Waals surface area (Å²) in [4.78, 5) is 8.01. The van der Waals surface area contributed by atoms with Gasteiger partial charge in [-0.2, -0.15) is 18.2 Å². The van der Waals surface area contributed by atoms with Gasteiger partial charge in [0.25, 0.3) is 0 Å². The van der Waals surface area contributed by atoms with E-state index in [9.17, 15) is 13.2 Å². The number of ether oxygens (including phenoxy) is 2. The fourth-order valence-electron chi connectivity index (χ4n) is 3.31. The summed E-state index contributed by atoms with van der Waals surface area (Å²) in [5.41, 5.74) is 0.0476. The zero-order valence-corrected chi connectivity index (χ0v) is 20.9. The van der Waals surface area contributed by atoms with Gasteiger partial charge < -0.3 is 20.1 Å². The fourth-order valence-corrected chi connectivity index (χ4v) is 3.31. The topological polar surface area (TPSA) is 68.3 Å². The summed E-state index contributed by atoms with van der Waals surface area (Å²) >= 11 is 0. The SMILES string of the molecule is CCCCCCOc1ccccc1Nc1nc(Nc2ccc(OCC(C)C)cc2)ncc1C(F)(F)F. The van der Waals surface area contributed by atoms with Gasteiger partial charge in [0.1, 0.15) is 22.9 Å². The number of benzene rings is 2. The van der Waals surface area contributed by atoms with Crippen molar-refractivity contribution in [3.8, 4) is 11.5 Å². The highest BCUT2D eigenvalue weighted by Gasteiger charge is 2.35. The van der Waals surface area contributed by atoms with Gasteiger partial charge >= 0.3 is 6.18 Å². The van der Waals surface area contributed by atoms with Crippen molar-refractivity contribution in [2.24, 2.45) is 5.92 Å². The van der Waals surface area contributed by atoms with Crippen LogP contribution in [-0.4, -0.2) is 23.2 Å². The van der Waals surface area contributed by atoms with Crippen molar-refractivity contribution < 1.29 is 22.6 Å². The molecule has 0 aliphatic rings. The Balaban J connectivity index is 1.78. The molecule has 0 fully saturated rings. The van der Waals surface area contributed by atoms with Gasteiger partial charge in [-0.25, -0.2) is 4.98 Å². The van der Waals surface area contributed by atoms with Crippen LogP contribution < -0.4 is 20.1 Å². The number of alkyl halides is 3. The molecule has 2 N–H and O–H groups in total. The van der Waals surface area contributed by atoms with E-state index in [1.54, 1.807) is 48.5 Å². The molecule has 0 unspecified atom stereocenters. The molecule has 0 saturated heterocycles. The minimum atomic E-state index is -4.63. The van der Waals surface area contributed by atoms with Crippen LogP contribution in [0.25, 0.3) is 0 Å². The third kappa shape index (κ3) is 8.32. The first-order valence-corrected chi connectivity index (χ1v) is 12.2. The van der Waals surface area contributed by atoms with Gasteiger partial charge in [-0.05, 0) is 48.7 Å². The molecule has 0 atom stereocenters. The second kappa shape index (κ2) is 13.0. The molecule has 0 aliphatic heterocycles. The van der Waals surface area contributed by atoms with Gasteiger partial charge in [0.05, 0.1) is 18.9 Å². The van der Waals surface area contributed by atoms with Crippen LogP contribution in [0.2, 0.25) is 0 Å². The second-order valence-electron chi connectivity index (χ2n) is 8.84. The quantitative estimate of drug-likeness (QED) is 0.231. The van der Waals surface area contributed by atoms with Gasteiger partial charge in [-0.1, -0.05) is 52.2 Å². The Bertz CT molecular complexity index is 1090. The van der Waals surface area contributed by atoms with E-state index in [4.69, 9.17) is 9.47 Å². The normalized spacial score (nSPS) is 11.4. The molecule has 3 rings (SSSR count). The number of nitrogens with zero attached hydrogens (tertiary/aromatic N) is 2. The van der Waals surface area contributed by atoms with Crippen molar-refractivity contribution in [2.45, 2.75) is 52.6 Å². The first-order chi connectivity index (χ1) is 17.3. The summed E-state index contributed by atoms with van der Waals surface area (Å²) in [6, 6.07) is 14.0. The molecule has 0 aliphatic carbocycles. The molecule has 6 nitrogen and oxygen atoms in total. The van der Waals surface area contributed by atoms with Crippen LogP contribution in [0.5, 0.6) is 11.5 Å². The smallest absolute Gasteiger partial charge is 0.421 e. The Morgan fingerprint density at radius 2 is 1.67 bits per heavy atom. The highest BCUT2D eigenvalue weighted by Crippen LogP contribution is 2.37. The predicted molar refractivity (Wildman–Crippen MR) is 136 cm³/mol. The summed E-state index contributed by atoms with van der Waals surface area (Å²) in [6.07, 6.45) is 0.272. The molecule has 1 aromatic heterocycles. The van der Waals surface area contributed by atoms with E-state index in [0.717, 1.165) is 31.9 Å². The van der Waals surface area contributed by atoms with Crippen LogP contribution in [0.4, 0.5) is 36.3 Å². The zero-order valence-electron chi connectivity index (χ0n) is 20.9. The molecule has 0 amide bonds. The molecule has 0 spiro atoms. The van der Waals surface area contributed by atoms with Gasteiger partial charge in [0, 0.05) is 11.9 Å². The Morgan fingerprint density at radius 3 is 2.36 bits per heavy atom. The molecule has 0 saturated carbocycles. The van der Waals surface area contributed by atoms with E-state index in [-0.39, 0.29) is 11.8 Å². The minimum Gasteiger partial charge on any atom is -0.493 e. The van der Waals surface area contributed by atoms with Crippen LogP contribution in [-0.2, 0) is 6.18 Å². The lowest BCUT2D eigenvalue weighted by Gasteiger charge is -2.17. The molecule has 36 heavy (non-hydrogen) atoms. The number of para-hydroxylation sites is 2. The average molecular weight is 503 g/mol. The number of nitrogens with one attached hydrogen (secondary N) is 2. The lowest BCUT2D eigenvalue weighted by molar-refractivity contribution is -0.137. The minimum absolute atomic E-state index is 0.0271. The lowest BCUT2D eigenvalue weighted by Crippen LogP contribution is -2.13. The molecule has 0 radical (unpaired) electrons.